The Balaban J connectivity index is 1.26. The smallest absolute Gasteiger partial charge is 0.329 e. The number of carbonyl (C=O) groups is 3. The monoisotopic (exact) mass is 468 g/mol. The van der Waals surface area contributed by atoms with Crippen LogP contribution in [0, 0.1) is 11.8 Å². The fourth-order valence-electron chi connectivity index (χ4n) is 5.92. The highest BCUT2D eigenvalue weighted by Crippen LogP contribution is 2.37. The van der Waals surface area contributed by atoms with Crippen LogP contribution in [0.1, 0.15) is 56.0 Å². The number of aromatic nitrogens is 2. The third kappa shape index (κ3) is 4.06. The Hall–Kier alpha value is -2.94. The van der Waals surface area contributed by atoms with Crippen molar-refractivity contribution in [1.29, 1.82) is 0 Å². The van der Waals surface area contributed by atoms with Gasteiger partial charge < -0.3 is 9.64 Å². The number of ether oxygens (including phenoxy) is 1. The van der Waals surface area contributed by atoms with E-state index in [4.69, 9.17) is 4.74 Å². The molecule has 2 amide bonds. The number of imidazole rings is 1. The summed E-state index contributed by atoms with van der Waals surface area (Å²) in [6.45, 7) is 3.10. The lowest BCUT2D eigenvalue weighted by Crippen LogP contribution is -2.44. The molecule has 3 fully saturated rings. The standard InChI is InChI=1S/C25H32N4O5/c1-27-21-13-17(3-4-19(21)29(25(27)33)20-5-6-22(30)26-23(20)31)16-7-9-28(10-8-16)14-15-11-18(12-15)24(32)34-2/h3-4,13,15-16,18,20H,5-12,14H2,1-2H3,(H,26,30,31). The summed E-state index contributed by atoms with van der Waals surface area (Å²) in [5, 5.41) is 2.35. The number of nitrogens with zero attached hydrogens (tertiary/aromatic N) is 3. The van der Waals surface area contributed by atoms with Crippen LogP contribution in [0.4, 0.5) is 0 Å². The molecule has 1 N–H and O–H groups in total. The highest BCUT2D eigenvalue weighted by Gasteiger charge is 2.37. The van der Waals surface area contributed by atoms with Crippen molar-refractivity contribution < 1.29 is 19.1 Å². The largest absolute Gasteiger partial charge is 0.469 e. The summed E-state index contributed by atoms with van der Waals surface area (Å²) in [5.41, 5.74) is 2.53. The van der Waals surface area contributed by atoms with Gasteiger partial charge in [0.05, 0.1) is 24.1 Å². The van der Waals surface area contributed by atoms with Crippen LogP contribution in [0.5, 0.6) is 0 Å². The quantitative estimate of drug-likeness (QED) is 0.529. The summed E-state index contributed by atoms with van der Waals surface area (Å²) in [6.07, 6.45) is 4.55. The molecule has 0 radical (unpaired) electrons. The van der Waals surface area contributed by atoms with Gasteiger partial charge in [-0.2, -0.15) is 0 Å². The highest BCUT2D eigenvalue weighted by atomic mass is 16.5. The molecule has 1 aromatic heterocycles. The Morgan fingerprint density at radius 2 is 1.82 bits per heavy atom. The molecule has 9 nitrogen and oxygen atoms in total. The van der Waals surface area contributed by atoms with E-state index in [1.807, 2.05) is 6.07 Å². The number of fused-ring (bicyclic) bond motifs is 1. The maximum atomic E-state index is 13.0. The minimum absolute atomic E-state index is 0.0776. The van der Waals surface area contributed by atoms with Crippen molar-refractivity contribution in [3.8, 4) is 0 Å². The summed E-state index contributed by atoms with van der Waals surface area (Å²) in [7, 11) is 3.19. The Bertz CT molecular complexity index is 1180. The van der Waals surface area contributed by atoms with Crippen LogP contribution in [-0.2, 0) is 26.2 Å². The molecule has 9 heteroatoms. The van der Waals surface area contributed by atoms with Gasteiger partial charge >= 0.3 is 11.7 Å². The minimum atomic E-state index is -0.659. The number of piperidine rings is 2. The predicted octanol–water partition coefficient (Wildman–Crippen LogP) is 1.70. The summed E-state index contributed by atoms with van der Waals surface area (Å²) in [4.78, 5) is 51.0. The van der Waals surface area contributed by atoms with E-state index in [0.717, 1.165) is 56.4 Å². The highest BCUT2D eigenvalue weighted by molar-refractivity contribution is 6.00. The first-order chi connectivity index (χ1) is 16.4. The van der Waals surface area contributed by atoms with Crippen molar-refractivity contribution in [1.82, 2.24) is 19.4 Å². The minimum Gasteiger partial charge on any atom is -0.469 e. The van der Waals surface area contributed by atoms with Gasteiger partial charge in [-0.15, -0.1) is 0 Å². The molecule has 3 heterocycles. The van der Waals surface area contributed by atoms with Gasteiger partial charge in [0.15, 0.2) is 0 Å². The molecule has 1 aromatic carbocycles. The van der Waals surface area contributed by atoms with Crippen molar-refractivity contribution in [3.05, 3.63) is 34.2 Å². The molecular weight excluding hydrogens is 436 g/mol. The molecule has 1 saturated carbocycles. The van der Waals surface area contributed by atoms with Gasteiger partial charge in [0, 0.05) is 20.0 Å². The Kier molecular flexibility index (Phi) is 6.06. The number of aryl methyl sites for hydroxylation is 1. The van der Waals surface area contributed by atoms with E-state index in [-0.39, 0.29) is 29.9 Å². The van der Waals surface area contributed by atoms with E-state index >= 15 is 0 Å². The number of imide groups is 1. The summed E-state index contributed by atoms with van der Waals surface area (Å²) in [6, 6.07) is 5.46. The van der Waals surface area contributed by atoms with E-state index in [1.165, 1.54) is 17.2 Å². The zero-order valence-electron chi connectivity index (χ0n) is 19.8. The molecule has 34 heavy (non-hydrogen) atoms. The van der Waals surface area contributed by atoms with Crippen molar-refractivity contribution in [2.24, 2.45) is 18.9 Å². The predicted molar refractivity (Wildman–Crippen MR) is 125 cm³/mol. The number of amides is 2. The normalized spacial score (nSPS) is 26.4. The zero-order chi connectivity index (χ0) is 24.0. The first-order valence-corrected chi connectivity index (χ1v) is 12.2. The zero-order valence-corrected chi connectivity index (χ0v) is 19.8. The van der Waals surface area contributed by atoms with Gasteiger partial charge in [0.1, 0.15) is 6.04 Å². The molecule has 2 aliphatic heterocycles. The van der Waals surface area contributed by atoms with Crippen LogP contribution in [0.25, 0.3) is 11.0 Å². The molecule has 1 aliphatic carbocycles. The summed E-state index contributed by atoms with van der Waals surface area (Å²) >= 11 is 0. The van der Waals surface area contributed by atoms with E-state index in [9.17, 15) is 19.2 Å². The topological polar surface area (TPSA) is 103 Å². The number of carbonyl (C=O) groups excluding carboxylic acids is 3. The summed E-state index contributed by atoms with van der Waals surface area (Å²) in [5.74, 6) is 0.317. The van der Waals surface area contributed by atoms with E-state index in [1.54, 1.807) is 11.6 Å². The average Bonchev–Trinajstić information content (AvgIpc) is 3.05. The van der Waals surface area contributed by atoms with E-state index < -0.39 is 11.9 Å². The van der Waals surface area contributed by atoms with E-state index in [2.05, 4.69) is 22.3 Å². The molecule has 2 aromatic rings. The Labute approximate surface area is 198 Å². The van der Waals surface area contributed by atoms with Crippen molar-refractivity contribution in [2.45, 2.75) is 50.5 Å². The van der Waals surface area contributed by atoms with Crippen LogP contribution in [0.2, 0.25) is 0 Å². The molecular formula is C25H32N4O5. The number of hydrogen-bond acceptors (Lipinski definition) is 6. The van der Waals surface area contributed by atoms with Crippen LogP contribution in [0.3, 0.4) is 0 Å². The molecule has 3 aliphatic rings. The molecule has 0 spiro atoms. The first kappa shape index (κ1) is 22.8. The molecule has 1 atom stereocenters. The fraction of sp³-hybridized carbons (Fsp3) is 0.600. The SMILES string of the molecule is COC(=O)C1CC(CN2CCC(c3ccc4c(c3)n(C)c(=O)n4C3CCC(=O)NC3=O)CC2)C1. The van der Waals surface area contributed by atoms with Crippen molar-refractivity contribution >= 4 is 28.8 Å². The molecule has 5 rings (SSSR count). The number of methoxy groups -OCH3 is 1. The van der Waals surface area contributed by atoms with Crippen molar-refractivity contribution in [3.63, 3.8) is 0 Å². The van der Waals surface area contributed by atoms with Gasteiger partial charge in [-0.25, -0.2) is 4.79 Å². The second kappa shape index (κ2) is 9.02. The Morgan fingerprint density at radius 1 is 1.09 bits per heavy atom. The number of rotatable bonds is 5. The average molecular weight is 469 g/mol. The number of likely N-dealkylation sites (tertiary alicyclic amines) is 1. The number of benzene rings is 1. The maximum absolute atomic E-state index is 13.0. The van der Waals surface area contributed by atoms with Crippen LogP contribution < -0.4 is 11.0 Å². The molecule has 0 bridgehead atoms. The van der Waals surface area contributed by atoms with Crippen LogP contribution in [-0.4, -0.2) is 58.6 Å². The van der Waals surface area contributed by atoms with Crippen LogP contribution in [0.15, 0.2) is 23.0 Å². The van der Waals surface area contributed by atoms with E-state index in [0.29, 0.717) is 18.3 Å². The fourth-order valence-corrected chi connectivity index (χ4v) is 5.92. The van der Waals surface area contributed by atoms with Gasteiger partial charge in [0.25, 0.3) is 0 Å². The van der Waals surface area contributed by atoms with Gasteiger partial charge in [-0.1, -0.05) is 6.07 Å². The van der Waals surface area contributed by atoms with Crippen molar-refractivity contribution in [2.75, 3.05) is 26.7 Å². The molecule has 182 valence electrons. The van der Waals surface area contributed by atoms with Gasteiger partial charge in [-0.3, -0.25) is 28.8 Å². The number of hydrogen-bond donors (Lipinski definition) is 1. The maximum Gasteiger partial charge on any atom is 0.329 e. The lowest BCUT2D eigenvalue weighted by molar-refractivity contribution is -0.150. The Morgan fingerprint density at radius 3 is 2.50 bits per heavy atom. The third-order valence-electron chi connectivity index (χ3n) is 7.98. The van der Waals surface area contributed by atoms with Crippen LogP contribution >= 0.6 is 0 Å². The second-order valence-corrected chi connectivity index (χ2v) is 10.1. The lowest BCUT2D eigenvalue weighted by atomic mass is 9.74. The number of esters is 1. The number of nitrogens with one attached hydrogen (secondary N) is 1. The lowest BCUT2D eigenvalue weighted by Gasteiger charge is -2.39. The second-order valence-electron chi connectivity index (χ2n) is 10.1. The first-order valence-electron chi connectivity index (χ1n) is 12.2. The molecule has 2 saturated heterocycles. The molecule has 1 unspecified atom stereocenters. The summed E-state index contributed by atoms with van der Waals surface area (Å²) < 4.78 is 7.97. The third-order valence-corrected chi connectivity index (χ3v) is 7.98. The van der Waals surface area contributed by atoms with Gasteiger partial charge in [-0.05, 0) is 74.7 Å². The van der Waals surface area contributed by atoms with Gasteiger partial charge in [0.2, 0.25) is 11.8 Å².